The number of sulfone groups is 1. The van der Waals surface area contributed by atoms with Gasteiger partial charge in [-0.25, -0.2) is 22.2 Å². The standard InChI is InChI=1S/C21H19Cl2F2N3O2S/c22-13-2-5-15(6-3-13)31(29,30)21(17-10-14(24)4-7-19(17)25)16-11-20(27-9-1-8-26)28-12-18(16)23/h2-7,10-12,21H,1,8-9,26H2,(H,27,28). The molecule has 10 heteroatoms. The highest BCUT2D eigenvalue weighted by molar-refractivity contribution is 7.92. The molecule has 1 aromatic heterocycles. The molecule has 0 aliphatic rings. The molecule has 0 saturated heterocycles. The summed E-state index contributed by atoms with van der Waals surface area (Å²) in [6, 6.07) is 9.48. The number of anilines is 1. The predicted molar refractivity (Wildman–Crippen MR) is 118 cm³/mol. The lowest BCUT2D eigenvalue weighted by atomic mass is 10.0. The largest absolute Gasteiger partial charge is 0.370 e. The van der Waals surface area contributed by atoms with Crippen molar-refractivity contribution in [3.05, 3.63) is 87.5 Å². The quantitative estimate of drug-likeness (QED) is 0.439. The SMILES string of the molecule is NCCCNc1cc(C(c2cc(F)ccc2F)S(=O)(=O)c2ccc(Cl)cc2)c(Cl)cn1. The molecule has 164 valence electrons. The van der Waals surface area contributed by atoms with E-state index >= 15 is 0 Å². The van der Waals surface area contributed by atoms with E-state index in [0.29, 0.717) is 30.4 Å². The van der Waals surface area contributed by atoms with E-state index in [1.54, 1.807) is 0 Å². The van der Waals surface area contributed by atoms with Crippen LogP contribution >= 0.6 is 23.2 Å². The van der Waals surface area contributed by atoms with E-state index < -0.39 is 26.7 Å². The molecule has 3 rings (SSSR count). The molecule has 0 bridgehead atoms. The number of hydrogen-bond acceptors (Lipinski definition) is 5. The van der Waals surface area contributed by atoms with Gasteiger partial charge in [0.1, 0.15) is 22.7 Å². The fourth-order valence-electron chi connectivity index (χ4n) is 3.05. The first kappa shape index (κ1) is 23.4. The minimum Gasteiger partial charge on any atom is -0.370 e. The highest BCUT2D eigenvalue weighted by Crippen LogP contribution is 2.40. The van der Waals surface area contributed by atoms with E-state index in [9.17, 15) is 17.2 Å². The maximum absolute atomic E-state index is 14.8. The fraction of sp³-hybridized carbons (Fsp3) is 0.190. The number of nitrogens with two attached hydrogens (primary N) is 1. The van der Waals surface area contributed by atoms with E-state index in [1.165, 1.54) is 36.5 Å². The minimum absolute atomic E-state index is 0.00410. The number of nitrogens with one attached hydrogen (secondary N) is 1. The summed E-state index contributed by atoms with van der Waals surface area (Å²) in [5.74, 6) is -1.32. The lowest BCUT2D eigenvalue weighted by Crippen LogP contribution is -2.18. The fourth-order valence-corrected chi connectivity index (χ4v) is 5.28. The third kappa shape index (κ3) is 5.33. The second-order valence-corrected chi connectivity index (χ2v) is 9.58. The summed E-state index contributed by atoms with van der Waals surface area (Å²) in [7, 11) is -4.25. The first-order chi connectivity index (χ1) is 14.7. The zero-order valence-corrected chi connectivity index (χ0v) is 18.5. The highest BCUT2D eigenvalue weighted by Gasteiger charge is 2.35. The molecule has 31 heavy (non-hydrogen) atoms. The second-order valence-electron chi connectivity index (χ2n) is 6.70. The Labute approximate surface area is 189 Å². The van der Waals surface area contributed by atoms with Crippen LogP contribution in [0.4, 0.5) is 14.6 Å². The van der Waals surface area contributed by atoms with Crippen molar-refractivity contribution in [2.75, 3.05) is 18.4 Å². The zero-order valence-electron chi connectivity index (χ0n) is 16.2. The van der Waals surface area contributed by atoms with Crippen LogP contribution in [-0.2, 0) is 9.84 Å². The summed E-state index contributed by atoms with van der Waals surface area (Å²) in [4.78, 5) is 4.01. The van der Waals surface area contributed by atoms with Crippen molar-refractivity contribution in [1.29, 1.82) is 0 Å². The smallest absolute Gasteiger partial charge is 0.189 e. The summed E-state index contributed by atoms with van der Waals surface area (Å²) in [5.41, 5.74) is 5.18. The Bertz CT molecular complexity index is 1180. The number of hydrogen-bond donors (Lipinski definition) is 2. The van der Waals surface area contributed by atoms with E-state index in [0.717, 1.165) is 18.2 Å². The maximum Gasteiger partial charge on any atom is 0.189 e. The van der Waals surface area contributed by atoms with Crippen LogP contribution in [0.3, 0.4) is 0 Å². The Morgan fingerprint density at radius 3 is 2.42 bits per heavy atom. The summed E-state index contributed by atoms with van der Waals surface area (Å²) in [6.45, 7) is 0.947. The van der Waals surface area contributed by atoms with Gasteiger partial charge in [0, 0.05) is 23.3 Å². The molecule has 1 atom stereocenters. The Morgan fingerprint density at radius 1 is 1.03 bits per heavy atom. The summed E-state index contributed by atoms with van der Waals surface area (Å²) >= 11 is 12.2. The second kappa shape index (κ2) is 9.91. The van der Waals surface area contributed by atoms with Gasteiger partial charge in [0.15, 0.2) is 9.84 Å². The van der Waals surface area contributed by atoms with E-state index in [1.807, 2.05) is 0 Å². The molecule has 0 spiro atoms. The van der Waals surface area contributed by atoms with Crippen molar-refractivity contribution in [2.45, 2.75) is 16.6 Å². The van der Waals surface area contributed by atoms with Gasteiger partial charge >= 0.3 is 0 Å². The van der Waals surface area contributed by atoms with Gasteiger partial charge in [-0.15, -0.1) is 0 Å². The highest BCUT2D eigenvalue weighted by atomic mass is 35.5. The van der Waals surface area contributed by atoms with Gasteiger partial charge in [-0.05, 0) is 67.1 Å². The van der Waals surface area contributed by atoms with Crippen LogP contribution in [0, 0.1) is 11.6 Å². The molecule has 0 radical (unpaired) electrons. The van der Waals surface area contributed by atoms with Crippen molar-refractivity contribution in [3.63, 3.8) is 0 Å². The number of aromatic nitrogens is 1. The molecule has 0 fully saturated rings. The molecule has 0 amide bonds. The topological polar surface area (TPSA) is 85.1 Å². The molecule has 0 aliphatic heterocycles. The van der Waals surface area contributed by atoms with Crippen molar-refractivity contribution < 1.29 is 17.2 Å². The average molecular weight is 486 g/mol. The summed E-state index contributed by atoms with van der Waals surface area (Å²) in [5, 5.41) is 1.73. The molecule has 5 nitrogen and oxygen atoms in total. The third-order valence-electron chi connectivity index (χ3n) is 4.55. The molecular formula is C21H19Cl2F2N3O2S. The van der Waals surface area contributed by atoms with Crippen LogP contribution in [0.2, 0.25) is 10.0 Å². The first-order valence-electron chi connectivity index (χ1n) is 9.28. The lowest BCUT2D eigenvalue weighted by Gasteiger charge is -2.21. The van der Waals surface area contributed by atoms with Crippen LogP contribution in [0.15, 0.2) is 59.6 Å². The molecule has 0 aliphatic carbocycles. The normalized spacial score (nSPS) is 12.5. The monoisotopic (exact) mass is 485 g/mol. The molecule has 2 aromatic carbocycles. The zero-order chi connectivity index (χ0) is 22.6. The van der Waals surface area contributed by atoms with Crippen LogP contribution in [0.1, 0.15) is 22.8 Å². The van der Waals surface area contributed by atoms with Crippen LogP contribution in [0.25, 0.3) is 0 Å². The average Bonchev–Trinajstić information content (AvgIpc) is 2.73. The molecule has 3 N–H and O–H groups in total. The first-order valence-corrected chi connectivity index (χ1v) is 11.6. The van der Waals surface area contributed by atoms with Crippen molar-refractivity contribution in [1.82, 2.24) is 4.98 Å². The third-order valence-corrected chi connectivity index (χ3v) is 7.17. The van der Waals surface area contributed by atoms with Gasteiger partial charge in [-0.1, -0.05) is 23.2 Å². The van der Waals surface area contributed by atoms with Gasteiger partial charge < -0.3 is 11.1 Å². The van der Waals surface area contributed by atoms with E-state index in [-0.39, 0.29) is 21.0 Å². The van der Waals surface area contributed by atoms with Crippen LogP contribution < -0.4 is 11.1 Å². The Hall–Kier alpha value is -2.26. The number of rotatable bonds is 8. The lowest BCUT2D eigenvalue weighted by molar-refractivity contribution is 0.569. The molecule has 1 unspecified atom stereocenters. The van der Waals surface area contributed by atoms with Gasteiger partial charge in [0.05, 0.1) is 9.92 Å². The number of halogens is 4. The van der Waals surface area contributed by atoms with Gasteiger partial charge in [-0.3, -0.25) is 0 Å². The predicted octanol–water partition coefficient (Wildman–Crippen LogP) is 4.99. The Balaban J connectivity index is 2.21. The molecule has 0 saturated carbocycles. The molecular weight excluding hydrogens is 467 g/mol. The number of benzene rings is 2. The van der Waals surface area contributed by atoms with Gasteiger partial charge in [0.25, 0.3) is 0 Å². The number of pyridine rings is 1. The minimum atomic E-state index is -4.25. The van der Waals surface area contributed by atoms with Crippen molar-refractivity contribution >= 4 is 38.9 Å². The molecule has 3 aromatic rings. The van der Waals surface area contributed by atoms with Gasteiger partial charge in [0.2, 0.25) is 0 Å². The van der Waals surface area contributed by atoms with E-state index in [4.69, 9.17) is 28.9 Å². The Morgan fingerprint density at radius 2 is 1.74 bits per heavy atom. The summed E-state index contributed by atoms with van der Waals surface area (Å²) < 4.78 is 55.9. The molecule has 1 heterocycles. The maximum atomic E-state index is 14.8. The van der Waals surface area contributed by atoms with Crippen molar-refractivity contribution in [2.24, 2.45) is 5.73 Å². The van der Waals surface area contributed by atoms with Crippen LogP contribution in [-0.4, -0.2) is 26.5 Å². The van der Waals surface area contributed by atoms with Crippen LogP contribution in [0.5, 0.6) is 0 Å². The van der Waals surface area contributed by atoms with Gasteiger partial charge in [-0.2, -0.15) is 0 Å². The Kier molecular flexibility index (Phi) is 7.48. The van der Waals surface area contributed by atoms with Crippen molar-refractivity contribution in [3.8, 4) is 0 Å². The summed E-state index contributed by atoms with van der Waals surface area (Å²) in [6.07, 6.45) is 1.92. The van der Waals surface area contributed by atoms with E-state index in [2.05, 4.69) is 10.3 Å². The number of nitrogens with zero attached hydrogens (tertiary/aromatic N) is 1.